The standard InChI is InChI=1S/C36H39N3O7/c1-22(2)33(39-36(44)46-21-31-29-14-8-6-12-27(29)28-13-7-9-15-30(28)31)35(43)37-23(3)34(42)38-26-18-17-25(20-40)24(19-26)11-5-10-16-32(41)45-4/h6-9,12-15,17-19,22-23,31,33,40H,10,16,20-21H2,1-4H3,(H,37,43)(H,38,42)(H,39,44)/t23-,33-/m0/s1. The van der Waals surface area contributed by atoms with Gasteiger partial charge in [0, 0.05) is 23.6 Å². The normalized spacial score (nSPS) is 12.9. The van der Waals surface area contributed by atoms with Crippen molar-refractivity contribution < 1.29 is 33.8 Å². The number of amides is 3. The van der Waals surface area contributed by atoms with Gasteiger partial charge < -0.3 is 30.5 Å². The third-order valence-electron chi connectivity index (χ3n) is 7.77. The Kier molecular flexibility index (Phi) is 11.5. The fourth-order valence-electron chi connectivity index (χ4n) is 5.25. The molecule has 0 aliphatic heterocycles. The molecular formula is C36H39N3O7. The van der Waals surface area contributed by atoms with Gasteiger partial charge in [0.2, 0.25) is 11.8 Å². The van der Waals surface area contributed by atoms with Crippen LogP contribution in [0.25, 0.3) is 11.1 Å². The van der Waals surface area contributed by atoms with Gasteiger partial charge in [0.05, 0.1) is 20.1 Å². The Morgan fingerprint density at radius 2 is 1.54 bits per heavy atom. The van der Waals surface area contributed by atoms with E-state index in [2.05, 4.69) is 44.7 Å². The quantitative estimate of drug-likeness (QED) is 0.182. The van der Waals surface area contributed by atoms with Crippen LogP contribution < -0.4 is 16.0 Å². The smallest absolute Gasteiger partial charge is 0.407 e. The monoisotopic (exact) mass is 625 g/mol. The average Bonchev–Trinajstić information content (AvgIpc) is 3.37. The predicted molar refractivity (Wildman–Crippen MR) is 174 cm³/mol. The molecule has 0 heterocycles. The fourth-order valence-corrected chi connectivity index (χ4v) is 5.25. The first-order valence-electron chi connectivity index (χ1n) is 15.1. The average molecular weight is 626 g/mol. The van der Waals surface area contributed by atoms with Gasteiger partial charge in [-0.2, -0.15) is 0 Å². The van der Waals surface area contributed by atoms with Crippen LogP contribution in [0.4, 0.5) is 10.5 Å². The highest BCUT2D eigenvalue weighted by Crippen LogP contribution is 2.44. The van der Waals surface area contributed by atoms with Gasteiger partial charge in [-0.1, -0.05) is 80.3 Å². The number of ether oxygens (including phenoxy) is 2. The summed E-state index contributed by atoms with van der Waals surface area (Å²) in [7, 11) is 1.30. The number of fused-ring (bicyclic) bond motifs is 3. The molecule has 10 nitrogen and oxygen atoms in total. The van der Waals surface area contributed by atoms with Crippen LogP contribution in [0.15, 0.2) is 66.7 Å². The minimum Gasteiger partial charge on any atom is -0.469 e. The Morgan fingerprint density at radius 1 is 0.891 bits per heavy atom. The van der Waals surface area contributed by atoms with Crippen molar-refractivity contribution in [2.75, 3.05) is 19.0 Å². The molecule has 4 rings (SSSR count). The van der Waals surface area contributed by atoms with Crippen molar-refractivity contribution in [3.8, 4) is 23.0 Å². The molecular weight excluding hydrogens is 586 g/mol. The number of methoxy groups -OCH3 is 1. The Hall–Kier alpha value is -5.14. The fraction of sp³-hybridized carbons (Fsp3) is 0.333. The zero-order valence-electron chi connectivity index (χ0n) is 26.4. The van der Waals surface area contributed by atoms with E-state index in [1.165, 1.54) is 14.0 Å². The highest BCUT2D eigenvalue weighted by Gasteiger charge is 2.31. The lowest BCUT2D eigenvalue weighted by Crippen LogP contribution is -2.53. The first kappa shape index (κ1) is 33.7. The van der Waals surface area contributed by atoms with Gasteiger partial charge in [0.1, 0.15) is 18.7 Å². The molecule has 0 fully saturated rings. The van der Waals surface area contributed by atoms with Crippen molar-refractivity contribution in [3.63, 3.8) is 0 Å². The van der Waals surface area contributed by atoms with Crippen LogP contribution in [-0.4, -0.2) is 54.8 Å². The number of hydrogen-bond acceptors (Lipinski definition) is 7. The summed E-state index contributed by atoms with van der Waals surface area (Å²) in [5, 5.41) is 17.8. The van der Waals surface area contributed by atoms with Crippen molar-refractivity contribution in [3.05, 3.63) is 89.0 Å². The predicted octanol–water partition coefficient (Wildman–Crippen LogP) is 4.49. The van der Waals surface area contributed by atoms with Gasteiger partial charge in [0.15, 0.2) is 0 Å². The van der Waals surface area contributed by atoms with Crippen LogP contribution >= 0.6 is 0 Å². The lowest BCUT2D eigenvalue weighted by Gasteiger charge is -2.24. The van der Waals surface area contributed by atoms with Crippen molar-refractivity contribution in [1.82, 2.24) is 10.6 Å². The molecule has 240 valence electrons. The van der Waals surface area contributed by atoms with Gasteiger partial charge in [-0.05, 0) is 52.8 Å². The Morgan fingerprint density at radius 3 is 2.15 bits per heavy atom. The molecule has 3 aromatic rings. The summed E-state index contributed by atoms with van der Waals surface area (Å²) in [6.07, 6.45) is -0.311. The minimum atomic E-state index is -0.943. The number of esters is 1. The van der Waals surface area contributed by atoms with Gasteiger partial charge in [-0.3, -0.25) is 14.4 Å². The second-order valence-corrected chi connectivity index (χ2v) is 11.3. The summed E-state index contributed by atoms with van der Waals surface area (Å²) in [6.45, 7) is 4.96. The second-order valence-electron chi connectivity index (χ2n) is 11.3. The summed E-state index contributed by atoms with van der Waals surface area (Å²) in [5.74, 6) is 3.98. The molecule has 46 heavy (non-hydrogen) atoms. The second kappa shape index (κ2) is 15.7. The van der Waals surface area contributed by atoms with E-state index in [0.717, 1.165) is 22.3 Å². The van der Waals surface area contributed by atoms with E-state index in [1.807, 2.05) is 36.4 Å². The molecule has 1 aliphatic rings. The number of aliphatic hydroxyl groups excluding tert-OH is 1. The van der Waals surface area contributed by atoms with Crippen LogP contribution in [0.5, 0.6) is 0 Å². The van der Waals surface area contributed by atoms with Gasteiger partial charge in [0.25, 0.3) is 0 Å². The lowest BCUT2D eigenvalue weighted by atomic mass is 9.98. The number of benzene rings is 3. The minimum absolute atomic E-state index is 0.109. The number of alkyl carbamates (subject to hydrolysis) is 1. The maximum atomic E-state index is 13.2. The van der Waals surface area contributed by atoms with Crippen LogP contribution in [0.2, 0.25) is 0 Å². The summed E-state index contributed by atoms with van der Waals surface area (Å²) >= 11 is 0. The van der Waals surface area contributed by atoms with Crippen LogP contribution in [-0.2, 0) is 30.5 Å². The number of carbonyl (C=O) groups excluding carboxylic acids is 4. The largest absolute Gasteiger partial charge is 0.469 e. The number of nitrogens with one attached hydrogen (secondary N) is 3. The first-order chi connectivity index (χ1) is 22.1. The molecule has 10 heteroatoms. The van der Waals surface area contributed by atoms with Gasteiger partial charge >= 0.3 is 12.1 Å². The van der Waals surface area contributed by atoms with Crippen LogP contribution in [0.3, 0.4) is 0 Å². The third-order valence-corrected chi connectivity index (χ3v) is 7.77. The number of rotatable bonds is 11. The molecule has 0 saturated heterocycles. The maximum absolute atomic E-state index is 13.2. The molecule has 4 N–H and O–H groups in total. The molecule has 0 spiro atoms. The molecule has 3 amide bonds. The van der Waals surface area contributed by atoms with Gasteiger partial charge in [-0.25, -0.2) is 4.79 Å². The lowest BCUT2D eigenvalue weighted by molar-refractivity contribution is -0.140. The molecule has 0 aromatic heterocycles. The zero-order chi connectivity index (χ0) is 33.2. The van der Waals surface area contributed by atoms with Crippen molar-refractivity contribution >= 4 is 29.6 Å². The number of carbonyl (C=O) groups is 4. The van der Waals surface area contributed by atoms with Crippen LogP contribution in [0, 0.1) is 17.8 Å². The molecule has 0 unspecified atom stereocenters. The van der Waals surface area contributed by atoms with Crippen molar-refractivity contribution in [2.45, 2.75) is 58.2 Å². The maximum Gasteiger partial charge on any atom is 0.407 e. The molecule has 2 atom stereocenters. The van der Waals surface area contributed by atoms with Gasteiger partial charge in [-0.15, -0.1) is 0 Å². The summed E-state index contributed by atoms with van der Waals surface area (Å²) in [4.78, 5) is 50.4. The van der Waals surface area contributed by atoms with Crippen molar-refractivity contribution in [2.24, 2.45) is 5.92 Å². The first-order valence-corrected chi connectivity index (χ1v) is 15.1. The van der Waals surface area contributed by atoms with E-state index in [9.17, 15) is 24.3 Å². The highest BCUT2D eigenvalue weighted by atomic mass is 16.5. The molecule has 0 bridgehead atoms. The van der Waals surface area contributed by atoms with E-state index in [0.29, 0.717) is 16.8 Å². The molecule has 1 aliphatic carbocycles. The van der Waals surface area contributed by atoms with E-state index in [1.54, 1.807) is 32.0 Å². The number of anilines is 1. The zero-order valence-corrected chi connectivity index (χ0v) is 26.4. The van der Waals surface area contributed by atoms with E-state index in [4.69, 9.17) is 4.74 Å². The molecule has 0 radical (unpaired) electrons. The van der Waals surface area contributed by atoms with Crippen LogP contribution in [0.1, 0.15) is 61.8 Å². The topological polar surface area (TPSA) is 143 Å². The van der Waals surface area contributed by atoms with E-state index < -0.39 is 30.0 Å². The number of hydrogen-bond donors (Lipinski definition) is 4. The number of aliphatic hydroxyl groups is 1. The summed E-state index contributed by atoms with van der Waals surface area (Å²) in [5.41, 5.74) is 5.86. The molecule has 3 aromatic carbocycles. The molecule has 0 saturated carbocycles. The SMILES string of the molecule is COC(=O)CCC#Cc1cc(NC(=O)[C@H](C)NC(=O)[C@@H](NC(=O)OCC2c3ccccc3-c3ccccc32)C(C)C)ccc1CO. The Labute approximate surface area is 268 Å². The summed E-state index contributed by atoms with van der Waals surface area (Å²) in [6, 6.07) is 19.0. The third kappa shape index (κ3) is 8.31. The van der Waals surface area contributed by atoms with E-state index in [-0.39, 0.29) is 43.9 Å². The Balaban J connectivity index is 1.33. The summed E-state index contributed by atoms with van der Waals surface area (Å²) < 4.78 is 10.2. The van der Waals surface area contributed by atoms with E-state index >= 15 is 0 Å². The highest BCUT2D eigenvalue weighted by molar-refractivity contribution is 5.98. The van der Waals surface area contributed by atoms with Crippen molar-refractivity contribution in [1.29, 1.82) is 0 Å². The Bertz CT molecular complexity index is 1610.